The van der Waals surface area contributed by atoms with Crippen LogP contribution in [0.3, 0.4) is 0 Å². The number of para-hydroxylation sites is 1. The number of aliphatic hydroxyl groups is 1. The second-order valence-electron chi connectivity index (χ2n) is 6.51. The standard InChI is InChI=1S/C21H20N2O2/c24-12-11-14-5-9-16(10-6-14)22-21(25)18-13-20(15-7-8-15)23-19-4-2-1-3-17(18)19/h1-6,9-10,13,15,24H,7-8,11-12H2,(H,22,25). The van der Waals surface area contributed by atoms with Gasteiger partial charge in [-0.05, 0) is 49.1 Å². The summed E-state index contributed by atoms with van der Waals surface area (Å²) in [6.07, 6.45) is 2.92. The van der Waals surface area contributed by atoms with Gasteiger partial charge in [-0.15, -0.1) is 0 Å². The van der Waals surface area contributed by atoms with Gasteiger partial charge in [-0.3, -0.25) is 9.78 Å². The Morgan fingerprint density at radius 2 is 1.88 bits per heavy atom. The predicted octanol–water partition coefficient (Wildman–Crippen LogP) is 3.90. The van der Waals surface area contributed by atoms with E-state index in [9.17, 15) is 4.79 Å². The molecule has 0 aliphatic heterocycles. The number of aliphatic hydroxyl groups excluding tert-OH is 1. The Morgan fingerprint density at radius 3 is 2.60 bits per heavy atom. The number of carbonyl (C=O) groups excluding carboxylic acids is 1. The molecule has 4 nitrogen and oxygen atoms in total. The maximum atomic E-state index is 12.9. The Balaban J connectivity index is 1.64. The molecule has 0 saturated heterocycles. The van der Waals surface area contributed by atoms with Crippen molar-refractivity contribution in [1.82, 2.24) is 4.98 Å². The first-order valence-corrected chi connectivity index (χ1v) is 8.65. The molecule has 126 valence electrons. The molecule has 4 rings (SSSR count). The third-order valence-electron chi connectivity index (χ3n) is 4.59. The van der Waals surface area contributed by atoms with Crippen molar-refractivity contribution in [2.75, 3.05) is 11.9 Å². The highest BCUT2D eigenvalue weighted by atomic mass is 16.3. The molecule has 3 aromatic rings. The van der Waals surface area contributed by atoms with E-state index < -0.39 is 0 Å². The quantitative estimate of drug-likeness (QED) is 0.745. The largest absolute Gasteiger partial charge is 0.396 e. The molecule has 1 saturated carbocycles. The van der Waals surface area contributed by atoms with Gasteiger partial charge in [0.25, 0.3) is 5.91 Å². The summed E-state index contributed by atoms with van der Waals surface area (Å²) in [5, 5.41) is 12.8. The van der Waals surface area contributed by atoms with E-state index in [0.29, 0.717) is 17.9 Å². The number of amides is 1. The average Bonchev–Trinajstić information content (AvgIpc) is 3.48. The number of rotatable bonds is 5. The summed E-state index contributed by atoms with van der Waals surface area (Å²) >= 11 is 0. The summed E-state index contributed by atoms with van der Waals surface area (Å²) in [6, 6.07) is 17.3. The van der Waals surface area contributed by atoms with Gasteiger partial charge in [0.15, 0.2) is 0 Å². The molecule has 0 spiro atoms. The smallest absolute Gasteiger partial charge is 0.256 e. The van der Waals surface area contributed by atoms with Crippen molar-refractivity contribution in [3.05, 3.63) is 71.4 Å². The first kappa shape index (κ1) is 15.8. The second-order valence-corrected chi connectivity index (χ2v) is 6.51. The lowest BCUT2D eigenvalue weighted by Gasteiger charge is -2.10. The van der Waals surface area contributed by atoms with Crippen molar-refractivity contribution >= 4 is 22.5 Å². The highest BCUT2D eigenvalue weighted by Gasteiger charge is 2.26. The number of carbonyl (C=O) groups is 1. The topological polar surface area (TPSA) is 62.2 Å². The SMILES string of the molecule is O=C(Nc1ccc(CCO)cc1)c1cc(C2CC2)nc2ccccc12. The van der Waals surface area contributed by atoms with Crippen LogP contribution in [0.2, 0.25) is 0 Å². The number of hydrogen-bond donors (Lipinski definition) is 2. The molecule has 1 aliphatic carbocycles. The number of fused-ring (bicyclic) bond motifs is 1. The minimum atomic E-state index is -0.115. The van der Waals surface area contributed by atoms with Crippen molar-refractivity contribution in [3.8, 4) is 0 Å². The molecule has 0 bridgehead atoms. The Hall–Kier alpha value is -2.72. The van der Waals surface area contributed by atoms with Gasteiger partial charge in [0.05, 0.1) is 11.1 Å². The lowest BCUT2D eigenvalue weighted by Crippen LogP contribution is -2.13. The van der Waals surface area contributed by atoms with Crippen LogP contribution in [-0.4, -0.2) is 22.6 Å². The Bertz CT molecular complexity index is 915. The summed E-state index contributed by atoms with van der Waals surface area (Å²) in [7, 11) is 0. The summed E-state index contributed by atoms with van der Waals surface area (Å²) in [4.78, 5) is 17.6. The summed E-state index contributed by atoms with van der Waals surface area (Å²) in [5.41, 5.74) is 4.36. The number of hydrogen-bond acceptors (Lipinski definition) is 3. The number of benzene rings is 2. The van der Waals surface area contributed by atoms with Crippen molar-refractivity contribution in [2.24, 2.45) is 0 Å². The summed E-state index contributed by atoms with van der Waals surface area (Å²) < 4.78 is 0. The molecule has 1 aromatic heterocycles. The van der Waals surface area contributed by atoms with Crippen LogP contribution < -0.4 is 5.32 Å². The Kier molecular flexibility index (Phi) is 4.20. The van der Waals surface area contributed by atoms with Crippen LogP contribution in [0, 0.1) is 0 Å². The highest BCUT2D eigenvalue weighted by Crippen LogP contribution is 2.40. The van der Waals surface area contributed by atoms with E-state index in [4.69, 9.17) is 10.1 Å². The molecule has 2 N–H and O–H groups in total. The molecule has 1 heterocycles. The van der Waals surface area contributed by atoms with Crippen molar-refractivity contribution in [3.63, 3.8) is 0 Å². The van der Waals surface area contributed by atoms with Crippen LogP contribution in [0.5, 0.6) is 0 Å². The number of anilines is 1. The fraction of sp³-hybridized carbons (Fsp3) is 0.238. The lowest BCUT2D eigenvalue weighted by atomic mass is 10.0. The molecule has 0 atom stereocenters. The van der Waals surface area contributed by atoms with Crippen LogP contribution in [-0.2, 0) is 6.42 Å². The fourth-order valence-corrected chi connectivity index (χ4v) is 3.05. The van der Waals surface area contributed by atoms with Gasteiger partial charge in [-0.1, -0.05) is 30.3 Å². The van der Waals surface area contributed by atoms with E-state index in [1.54, 1.807) is 0 Å². The molecule has 1 amide bonds. The van der Waals surface area contributed by atoms with Crippen molar-refractivity contribution in [2.45, 2.75) is 25.2 Å². The lowest BCUT2D eigenvalue weighted by molar-refractivity contribution is 0.102. The molecule has 1 fully saturated rings. The number of nitrogens with one attached hydrogen (secondary N) is 1. The van der Waals surface area contributed by atoms with Gasteiger partial charge < -0.3 is 10.4 Å². The average molecular weight is 332 g/mol. The Labute approximate surface area is 146 Å². The summed E-state index contributed by atoms with van der Waals surface area (Å²) in [5.74, 6) is 0.379. The van der Waals surface area contributed by atoms with E-state index in [2.05, 4.69) is 5.32 Å². The van der Waals surface area contributed by atoms with Crippen LogP contribution in [0.15, 0.2) is 54.6 Å². The number of pyridine rings is 1. The zero-order chi connectivity index (χ0) is 17.2. The first-order chi connectivity index (χ1) is 12.2. The fourth-order valence-electron chi connectivity index (χ4n) is 3.05. The van der Waals surface area contributed by atoms with Gasteiger partial charge in [-0.2, -0.15) is 0 Å². The maximum absolute atomic E-state index is 12.9. The highest BCUT2D eigenvalue weighted by molar-refractivity contribution is 6.12. The zero-order valence-corrected chi connectivity index (χ0v) is 13.9. The van der Waals surface area contributed by atoms with Crippen LogP contribution in [0.4, 0.5) is 5.69 Å². The summed E-state index contributed by atoms with van der Waals surface area (Å²) in [6.45, 7) is 0.124. The van der Waals surface area contributed by atoms with E-state index in [0.717, 1.165) is 40.7 Å². The molecule has 0 unspecified atom stereocenters. The van der Waals surface area contributed by atoms with Crippen LogP contribution in [0.25, 0.3) is 10.9 Å². The van der Waals surface area contributed by atoms with E-state index in [1.165, 1.54) is 0 Å². The Morgan fingerprint density at radius 1 is 1.12 bits per heavy atom. The van der Waals surface area contributed by atoms with Gasteiger partial charge >= 0.3 is 0 Å². The molecular formula is C21H20N2O2. The van der Waals surface area contributed by atoms with Crippen molar-refractivity contribution < 1.29 is 9.90 Å². The monoisotopic (exact) mass is 332 g/mol. The number of aromatic nitrogens is 1. The van der Waals surface area contributed by atoms with Crippen molar-refractivity contribution in [1.29, 1.82) is 0 Å². The van der Waals surface area contributed by atoms with Crippen LogP contribution >= 0.6 is 0 Å². The third kappa shape index (κ3) is 3.39. The second kappa shape index (κ2) is 6.65. The molecule has 25 heavy (non-hydrogen) atoms. The minimum Gasteiger partial charge on any atom is -0.396 e. The van der Waals surface area contributed by atoms with E-state index in [1.807, 2.05) is 54.6 Å². The van der Waals surface area contributed by atoms with Gasteiger partial charge in [0, 0.05) is 29.3 Å². The molecule has 0 radical (unpaired) electrons. The molecular weight excluding hydrogens is 312 g/mol. The minimum absolute atomic E-state index is 0.115. The number of nitrogens with zero attached hydrogens (tertiary/aromatic N) is 1. The van der Waals surface area contributed by atoms with Gasteiger partial charge in [0.1, 0.15) is 0 Å². The molecule has 1 aliphatic rings. The molecule has 4 heteroatoms. The van der Waals surface area contributed by atoms with Crippen LogP contribution in [0.1, 0.15) is 40.4 Å². The third-order valence-corrected chi connectivity index (χ3v) is 4.59. The predicted molar refractivity (Wildman–Crippen MR) is 98.9 cm³/mol. The normalized spacial score (nSPS) is 13.8. The van der Waals surface area contributed by atoms with Gasteiger partial charge in [-0.25, -0.2) is 0 Å². The van der Waals surface area contributed by atoms with E-state index in [-0.39, 0.29) is 12.5 Å². The van der Waals surface area contributed by atoms with E-state index >= 15 is 0 Å². The van der Waals surface area contributed by atoms with Gasteiger partial charge in [0.2, 0.25) is 0 Å². The molecule has 2 aromatic carbocycles. The maximum Gasteiger partial charge on any atom is 0.256 e. The zero-order valence-electron chi connectivity index (χ0n) is 13.9. The first-order valence-electron chi connectivity index (χ1n) is 8.65.